The Morgan fingerprint density at radius 1 is 1.12 bits per heavy atom. The van der Waals surface area contributed by atoms with E-state index in [-0.39, 0.29) is 23.6 Å². The van der Waals surface area contributed by atoms with Crippen LogP contribution in [-0.2, 0) is 16.0 Å². The van der Waals surface area contributed by atoms with Crippen molar-refractivity contribution in [3.05, 3.63) is 86.1 Å². The van der Waals surface area contributed by atoms with Crippen LogP contribution < -0.4 is 10.9 Å². The van der Waals surface area contributed by atoms with Crippen LogP contribution in [0, 0.1) is 0 Å². The second-order valence-corrected chi connectivity index (χ2v) is 9.30. The fourth-order valence-electron chi connectivity index (χ4n) is 3.54. The average Bonchev–Trinajstić information content (AvgIpc) is 3.25. The summed E-state index contributed by atoms with van der Waals surface area (Å²) in [5, 5.41) is 9.81. The summed E-state index contributed by atoms with van der Waals surface area (Å²) in [6.07, 6.45) is 1.77. The maximum atomic E-state index is 13.4. The molecule has 0 spiro atoms. The molecular weight excluding hydrogens is 518 g/mol. The second kappa shape index (κ2) is 10.8. The quantitative estimate of drug-likeness (QED) is 0.305. The lowest BCUT2D eigenvalue weighted by Gasteiger charge is -2.10. The van der Waals surface area contributed by atoms with Crippen molar-refractivity contribution in [2.45, 2.75) is 26.2 Å². The minimum Gasteiger partial charge on any atom is -0.461 e. The Hall–Kier alpha value is -3.30. The third-order valence-corrected chi connectivity index (χ3v) is 6.58. The van der Waals surface area contributed by atoms with Crippen LogP contribution in [0.15, 0.2) is 69.2 Å². The number of esters is 1. The van der Waals surface area contributed by atoms with Gasteiger partial charge in [0.2, 0.25) is 5.91 Å². The van der Waals surface area contributed by atoms with Gasteiger partial charge in [0.25, 0.3) is 5.56 Å². The molecule has 0 saturated carbocycles. The Kier molecular flexibility index (Phi) is 7.54. The van der Waals surface area contributed by atoms with E-state index in [2.05, 4.69) is 26.3 Å². The normalized spacial score (nSPS) is 10.9. The number of anilines is 1. The third-order valence-electron chi connectivity index (χ3n) is 5.16. The van der Waals surface area contributed by atoms with Crippen LogP contribution in [0.1, 0.15) is 35.8 Å². The molecule has 0 radical (unpaired) electrons. The van der Waals surface area contributed by atoms with Crippen LogP contribution in [0.5, 0.6) is 0 Å². The van der Waals surface area contributed by atoms with Crippen molar-refractivity contribution >= 4 is 54.9 Å². The van der Waals surface area contributed by atoms with Crippen molar-refractivity contribution in [2.75, 3.05) is 11.9 Å². The van der Waals surface area contributed by atoms with Crippen LogP contribution in [0.2, 0.25) is 0 Å². The first-order chi connectivity index (χ1) is 16.5. The Bertz CT molecular complexity index is 1380. The van der Waals surface area contributed by atoms with E-state index in [4.69, 9.17) is 4.74 Å². The zero-order chi connectivity index (χ0) is 24.1. The molecule has 2 heterocycles. The number of hydrogen-bond acceptors (Lipinski definition) is 6. The molecule has 0 bridgehead atoms. The van der Waals surface area contributed by atoms with E-state index in [9.17, 15) is 14.4 Å². The minimum absolute atomic E-state index is 0.0280. The Morgan fingerprint density at radius 3 is 2.56 bits per heavy atom. The van der Waals surface area contributed by atoms with Crippen molar-refractivity contribution in [2.24, 2.45) is 0 Å². The Labute approximate surface area is 208 Å². The van der Waals surface area contributed by atoms with Crippen molar-refractivity contribution in [1.29, 1.82) is 0 Å². The number of aryl methyl sites for hydroxylation is 1. The topological polar surface area (TPSA) is 90.3 Å². The number of halogens is 1. The van der Waals surface area contributed by atoms with Crippen LogP contribution in [0.3, 0.4) is 0 Å². The summed E-state index contributed by atoms with van der Waals surface area (Å²) in [4.78, 5) is 38.7. The average molecular weight is 540 g/mol. The predicted molar refractivity (Wildman–Crippen MR) is 137 cm³/mol. The van der Waals surface area contributed by atoms with E-state index in [1.165, 1.54) is 21.6 Å². The van der Waals surface area contributed by atoms with Crippen molar-refractivity contribution < 1.29 is 14.3 Å². The molecule has 0 atom stereocenters. The van der Waals surface area contributed by atoms with Gasteiger partial charge in [-0.2, -0.15) is 9.78 Å². The number of hydrogen-bond donors (Lipinski definition) is 1. The Morgan fingerprint density at radius 2 is 1.85 bits per heavy atom. The molecule has 9 heteroatoms. The number of carbonyl (C=O) groups is 2. The van der Waals surface area contributed by atoms with Gasteiger partial charge in [-0.05, 0) is 49.6 Å². The lowest BCUT2D eigenvalue weighted by atomic mass is 10.1. The summed E-state index contributed by atoms with van der Waals surface area (Å²) in [6.45, 7) is 1.88. The monoisotopic (exact) mass is 539 g/mol. The van der Waals surface area contributed by atoms with Gasteiger partial charge in [-0.25, -0.2) is 4.79 Å². The van der Waals surface area contributed by atoms with E-state index in [1.54, 1.807) is 36.6 Å². The van der Waals surface area contributed by atoms with Gasteiger partial charge in [0.15, 0.2) is 5.69 Å². The molecule has 2 aromatic carbocycles. The van der Waals surface area contributed by atoms with E-state index in [1.807, 2.05) is 30.3 Å². The fourth-order valence-corrected chi connectivity index (χ4v) is 4.75. The highest BCUT2D eigenvalue weighted by molar-refractivity contribution is 9.10. The van der Waals surface area contributed by atoms with Gasteiger partial charge < -0.3 is 10.1 Å². The molecular formula is C25H22BrN3O4S. The van der Waals surface area contributed by atoms with Crippen LogP contribution in [0.4, 0.5) is 5.00 Å². The molecule has 4 aromatic rings. The number of amides is 1. The van der Waals surface area contributed by atoms with Crippen molar-refractivity contribution in [3.63, 3.8) is 0 Å². The standard InChI is InChI=1S/C25H22BrN3O4S/c1-2-33-25(32)22-19-15-34-23(27-20(30)10-6-9-16-7-4-3-5-8-16)21(19)24(31)29(28-22)18-13-11-17(26)12-14-18/h3-5,7-8,11-15H,2,6,9-10H2,1H3,(H,27,30). The minimum atomic E-state index is -0.628. The highest BCUT2D eigenvalue weighted by atomic mass is 79.9. The molecule has 0 aliphatic rings. The summed E-state index contributed by atoms with van der Waals surface area (Å²) in [5.41, 5.74) is 1.26. The highest BCUT2D eigenvalue weighted by Gasteiger charge is 2.23. The molecule has 1 N–H and O–H groups in total. The number of aromatic nitrogens is 2. The molecule has 1 amide bonds. The number of nitrogens with one attached hydrogen (secondary N) is 1. The van der Waals surface area contributed by atoms with Crippen LogP contribution in [-0.4, -0.2) is 28.3 Å². The van der Waals surface area contributed by atoms with Crippen LogP contribution >= 0.6 is 27.3 Å². The van der Waals surface area contributed by atoms with Crippen LogP contribution in [0.25, 0.3) is 16.5 Å². The highest BCUT2D eigenvalue weighted by Crippen LogP contribution is 2.31. The molecule has 0 aliphatic heterocycles. The summed E-state index contributed by atoms with van der Waals surface area (Å²) in [7, 11) is 0. The number of rotatable bonds is 8. The number of nitrogens with zero attached hydrogens (tertiary/aromatic N) is 2. The smallest absolute Gasteiger partial charge is 0.359 e. The molecule has 7 nitrogen and oxygen atoms in total. The third kappa shape index (κ3) is 5.26. The van der Waals surface area contributed by atoms with Gasteiger partial charge in [0, 0.05) is 21.7 Å². The number of benzene rings is 2. The van der Waals surface area contributed by atoms with E-state index in [0.717, 1.165) is 10.9 Å². The summed E-state index contributed by atoms with van der Waals surface area (Å²) in [6, 6.07) is 16.9. The van der Waals surface area contributed by atoms with Crippen molar-refractivity contribution in [1.82, 2.24) is 9.78 Å². The lowest BCUT2D eigenvalue weighted by Crippen LogP contribution is -2.25. The number of thiophene rings is 1. The number of fused-ring (bicyclic) bond motifs is 1. The SMILES string of the molecule is CCOC(=O)c1nn(-c2ccc(Br)cc2)c(=O)c2c(NC(=O)CCCc3ccccc3)scc12. The lowest BCUT2D eigenvalue weighted by molar-refractivity contribution is -0.116. The zero-order valence-electron chi connectivity index (χ0n) is 18.4. The van der Waals surface area contributed by atoms with Gasteiger partial charge in [-0.1, -0.05) is 46.3 Å². The van der Waals surface area contributed by atoms with Gasteiger partial charge >= 0.3 is 5.97 Å². The molecule has 0 saturated heterocycles. The maximum absolute atomic E-state index is 13.4. The molecule has 2 aromatic heterocycles. The number of carbonyl (C=O) groups excluding carboxylic acids is 2. The Balaban J connectivity index is 1.66. The largest absolute Gasteiger partial charge is 0.461 e. The predicted octanol–water partition coefficient (Wildman–Crippen LogP) is 5.35. The fraction of sp³-hybridized carbons (Fsp3) is 0.200. The summed E-state index contributed by atoms with van der Waals surface area (Å²) >= 11 is 4.57. The van der Waals surface area contributed by atoms with E-state index < -0.39 is 11.5 Å². The van der Waals surface area contributed by atoms with Gasteiger partial charge in [0.05, 0.1) is 17.7 Å². The molecule has 0 unspecified atom stereocenters. The first-order valence-electron chi connectivity index (χ1n) is 10.8. The van der Waals surface area contributed by atoms with Gasteiger partial charge in [-0.3, -0.25) is 9.59 Å². The van der Waals surface area contributed by atoms with E-state index in [0.29, 0.717) is 28.9 Å². The summed E-state index contributed by atoms with van der Waals surface area (Å²) in [5.74, 6) is -0.819. The second-order valence-electron chi connectivity index (χ2n) is 7.50. The summed E-state index contributed by atoms with van der Waals surface area (Å²) < 4.78 is 7.17. The first kappa shape index (κ1) is 23.8. The molecule has 174 valence electrons. The molecule has 0 fully saturated rings. The van der Waals surface area contributed by atoms with E-state index >= 15 is 0 Å². The first-order valence-corrected chi connectivity index (χ1v) is 12.5. The zero-order valence-corrected chi connectivity index (χ0v) is 20.8. The van der Waals surface area contributed by atoms with Gasteiger partial charge in [-0.15, -0.1) is 11.3 Å². The maximum Gasteiger partial charge on any atom is 0.359 e. The molecule has 0 aliphatic carbocycles. The molecule has 4 rings (SSSR count). The van der Waals surface area contributed by atoms with Crippen molar-refractivity contribution in [3.8, 4) is 5.69 Å². The molecule has 34 heavy (non-hydrogen) atoms. The van der Waals surface area contributed by atoms with Gasteiger partial charge in [0.1, 0.15) is 5.00 Å². The number of ether oxygens (including phenoxy) is 1.